The first-order valence-electron chi connectivity index (χ1n) is 6.69. The molecule has 0 aliphatic carbocycles. The van der Waals surface area contributed by atoms with Crippen molar-refractivity contribution in [2.75, 3.05) is 6.54 Å². The first-order chi connectivity index (χ1) is 8.60. The second kappa shape index (κ2) is 7.17. The zero-order chi connectivity index (χ0) is 13.5. The average Bonchev–Trinajstić information content (AvgIpc) is 2.37. The molecule has 1 aromatic carbocycles. The van der Waals surface area contributed by atoms with E-state index in [9.17, 15) is 4.79 Å². The Kier molecular flexibility index (Phi) is 5.86. The van der Waals surface area contributed by atoms with Crippen LogP contribution in [0.2, 0.25) is 0 Å². The Morgan fingerprint density at radius 2 is 2.00 bits per heavy atom. The van der Waals surface area contributed by atoms with Crippen LogP contribution in [0.4, 0.5) is 0 Å². The van der Waals surface area contributed by atoms with Gasteiger partial charge in [0.25, 0.3) is 0 Å². The highest BCUT2D eigenvalue weighted by Crippen LogP contribution is 2.11. The van der Waals surface area contributed by atoms with Crippen LogP contribution in [0.3, 0.4) is 0 Å². The molecule has 3 heteroatoms. The van der Waals surface area contributed by atoms with E-state index in [0.29, 0.717) is 13.1 Å². The molecule has 1 rings (SSSR count). The fraction of sp³-hybridized carbons (Fsp3) is 0.533. The van der Waals surface area contributed by atoms with Crippen molar-refractivity contribution in [1.29, 1.82) is 0 Å². The summed E-state index contributed by atoms with van der Waals surface area (Å²) in [7, 11) is 0. The molecule has 0 saturated carbocycles. The number of aryl methyl sites for hydroxylation is 1. The van der Waals surface area contributed by atoms with Gasteiger partial charge in [-0.05, 0) is 31.4 Å². The average molecular weight is 248 g/mol. The van der Waals surface area contributed by atoms with Crippen LogP contribution in [-0.4, -0.2) is 23.4 Å². The maximum Gasteiger partial charge on any atom is 0.239 e. The van der Waals surface area contributed by atoms with Gasteiger partial charge in [-0.1, -0.05) is 37.6 Å². The van der Waals surface area contributed by atoms with E-state index in [1.165, 1.54) is 11.1 Å². The number of nitrogens with zero attached hydrogens (tertiary/aromatic N) is 1. The summed E-state index contributed by atoms with van der Waals surface area (Å²) in [4.78, 5) is 14.0. The number of nitrogens with two attached hydrogens (primary N) is 1. The second-order valence-electron chi connectivity index (χ2n) is 4.67. The molecule has 1 atom stereocenters. The van der Waals surface area contributed by atoms with Crippen molar-refractivity contribution in [3.8, 4) is 0 Å². The topological polar surface area (TPSA) is 46.3 Å². The van der Waals surface area contributed by atoms with Crippen LogP contribution in [0.25, 0.3) is 0 Å². The number of hydrogen-bond donors (Lipinski definition) is 1. The summed E-state index contributed by atoms with van der Waals surface area (Å²) in [5.41, 5.74) is 8.31. The van der Waals surface area contributed by atoms with Crippen molar-refractivity contribution in [2.24, 2.45) is 5.73 Å². The Labute approximate surface area is 110 Å². The Hall–Kier alpha value is -1.35. The van der Waals surface area contributed by atoms with E-state index >= 15 is 0 Å². The van der Waals surface area contributed by atoms with Gasteiger partial charge in [-0.15, -0.1) is 0 Å². The van der Waals surface area contributed by atoms with Gasteiger partial charge < -0.3 is 10.6 Å². The molecule has 0 spiro atoms. The largest absolute Gasteiger partial charge is 0.337 e. The predicted octanol–water partition coefficient (Wildman–Crippen LogP) is 2.47. The number of likely N-dealkylation sites (N-methyl/N-ethyl adjacent to an activating group) is 1. The number of hydrogen-bond acceptors (Lipinski definition) is 2. The first-order valence-corrected chi connectivity index (χ1v) is 6.69. The molecule has 0 aliphatic heterocycles. The quantitative estimate of drug-likeness (QED) is 0.840. The number of rotatable bonds is 6. The summed E-state index contributed by atoms with van der Waals surface area (Å²) in [6.45, 7) is 7.46. The Morgan fingerprint density at radius 1 is 1.33 bits per heavy atom. The predicted molar refractivity (Wildman–Crippen MR) is 75.2 cm³/mol. The zero-order valence-electron chi connectivity index (χ0n) is 11.6. The third-order valence-corrected chi connectivity index (χ3v) is 3.23. The van der Waals surface area contributed by atoms with Crippen molar-refractivity contribution >= 4 is 5.91 Å². The van der Waals surface area contributed by atoms with E-state index in [4.69, 9.17) is 5.73 Å². The minimum Gasteiger partial charge on any atom is -0.337 e. The maximum atomic E-state index is 12.2. The number of amides is 1. The van der Waals surface area contributed by atoms with Crippen LogP contribution in [0.5, 0.6) is 0 Å². The highest BCUT2D eigenvalue weighted by atomic mass is 16.2. The lowest BCUT2D eigenvalue weighted by Crippen LogP contribution is -2.43. The van der Waals surface area contributed by atoms with Gasteiger partial charge in [-0.25, -0.2) is 0 Å². The second-order valence-corrected chi connectivity index (χ2v) is 4.67. The van der Waals surface area contributed by atoms with E-state index in [0.717, 1.165) is 12.8 Å². The SMILES string of the molecule is CCC[C@H](N)C(=O)N(CC)Cc1ccccc1C. The third-order valence-electron chi connectivity index (χ3n) is 3.23. The molecule has 1 aromatic rings. The molecule has 0 unspecified atom stereocenters. The van der Waals surface area contributed by atoms with Crippen molar-refractivity contribution in [2.45, 2.75) is 46.2 Å². The molecule has 0 aromatic heterocycles. The standard InChI is InChI=1S/C15H24N2O/c1-4-8-14(16)15(18)17(5-2)11-13-10-7-6-9-12(13)3/h6-7,9-10,14H,4-5,8,11,16H2,1-3H3/t14-/m0/s1. The molecule has 3 nitrogen and oxygen atoms in total. The van der Waals surface area contributed by atoms with E-state index in [-0.39, 0.29) is 11.9 Å². The van der Waals surface area contributed by atoms with Crippen LogP contribution in [0.1, 0.15) is 37.8 Å². The summed E-state index contributed by atoms with van der Waals surface area (Å²) in [6, 6.07) is 7.79. The third kappa shape index (κ3) is 3.84. The normalized spacial score (nSPS) is 12.2. The Balaban J connectivity index is 2.73. The molecule has 0 heterocycles. The minimum absolute atomic E-state index is 0.0580. The van der Waals surface area contributed by atoms with E-state index < -0.39 is 0 Å². The molecular formula is C15H24N2O. The molecular weight excluding hydrogens is 224 g/mol. The van der Waals surface area contributed by atoms with Crippen LogP contribution in [-0.2, 0) is 11.3 Å². The lowest BCUT2D eigenvalue weighted by atomic mass is 10.1. The molecule has 0 aliphatic rings. The lowest BCUT2D eigenvalue weighted by molar-refractivity contribution is -0.133. The maximum absolute atomic E-state index is 12.2. The van der Waals surface area contributed by atoms with Gasteiger partial charge in [0, 0.05) is 13.1 Å². The van der Waals surface area contributed by atoms with Crippen molar-refractivity contribution < 1.29 is 4.79 Å². The fourth-order valence-corrected chi connectivity index (χ4v) is 2.01. The summed E-state index contributed by atoms with van der Waals surface area (Å²) >= 11 is 0. The van der Waals surface area contributed by atoms with Gasteiger partial charge >= 0.3 is 0 Å². The zero-order valence-corrected chi connectivity index (χ0v) is 11.6. The Bertz CT molecular complexity index is 390. The van der Waals surface area contributed by atoms with Crippen molar-refractivity contribution in [3.63, 3.8) is 0 Å². The Morgan fingerprint density at radius 3 is 2.56 bits per heavy atom. The molecule has 18 heavy (non-hydrogen) atoms. The molecule has 100 valence electrons. The number of carbonyl (C=O) groups is 1. The summed E-state index contributed by atoms with van der Waals surface area (Å²) < 4.78 is 0. The van der Waals surface area contributed by atoms with Crippen LogP contribution in [0, 0.1) is 6.92 Å². The van der Waals surface area contributed by atoms with Crippen LogP contribution >= 0.6 is 0 Å². The number of benzene rings is 1. The highest BCUT2D eigenvalue weighted by Gasteiger charge is 2.19. The summed E-state index contributed by atoms with van der Waals surface area (Å²) in [6.07, 6.45) is 1.69. The van der Waals surface area contributed by atoms with Crippen LogP contribution < -0.4 is 5.73 Å². The van der Waals surface area contributed by atoms with Crippen molar-refractivity contribution in [1.82, 2.24) is 4.90 Å². The first kappa shape index (κ1) is 14.7. The lowest BCUT2D eigenvalue weighted by Gasteiger charge is -2.25. The van der Waals surface area contributed by atoms with E-state index in [1.807, 2.05) is 30.9 Å². The van der Waals surface area contributed by atoms with Gasteiger partial charge in [0.05, 0.1) is 6.04 Å². The van der Waals surface area contributed by atoms with Gasteiger partial charge in [0.2, 0.25) is 5.91 Å². The monoisotopic (exact) mass is 248 g/mol. The van der Waals surface area contributed by atoms with E-state index in [2.05, 4.69) is 19.1 Å². The molecule has 0 bridgehead atoms. The summed E-state index contributed by atoms with van der Waals surface area (Å²) in [5.74, 6) is 0.0580. The molecule has 0 radical (unpaired) electrons. The molecule has 2 N–H and O–H groups in total. The summed E-state index contributed by atoms with van der Waals surface area (Å²) in [5, 5.41) is 0. The smallest absolute Gasteiger partial charge is 0.239 e. The van der Waals surface area contributed by atoms with Crippen molar-refractivity contribution in [3.05, 3.63) is 35.4 Å². The fourth-order valence-electron chi connectivity index (χ4n) is 2.01. The van der Waals surface area contributed by atoms with Gasteiger partial charge in [0.1, 0.15) is 0 Å². The molecule has 1 amide bonds. The van der Waals surface area contributed by atoms with E-state index in [1.54, 1.807) is 0 Å². The van der Waals surface area contributed by atoms with Gasteiger partial charge in [-0.3, -0.25) is 4.79 Å². The van der Waals surface area contributed by atoms with Gasteiger partial charge in [-0.2, -0.15) is 0 Å². The minimum atomic E-state index is -0.362. The number of carbonyl (C=O) groups excluding carboxylic acids is 1. The molecule has 0 saturated heterocycles. The van der Waals surface area contributed by atoms with Crippen LogP contribution in [0.15, 0.2) is 24.3 Å². The molecule has 0 fully saturated rings. The van der Waals surface area contributed by atoms with Gasteiger partial charge in [0.15, 0.2) is 0 Å². The highest BCUT2D eigenvalue weighted by molar-refractivity contribution is 5.81.